The average molecular weight is 382 g/mol. The number of amides is 4. The van der Waals surface area contributed by atoms with Crippen LogP contribution < -0.4 is 10.6 Å². The summed E-state index contributed by atoms with van der Waals surface area (Å²) in [6.07, 6.45) is 5.98. The van der Waals surface area contributed by atoms with E-state index in [2.05, 4.69) is 33.4 Å². The van der Waals surface area contributed by atoms with Gasteiger partial charge >= 0.3 is 6.03 Å². The van der Waals surface area contributed by atoms with Crippen molar-refractivity contribution in [1.29, 1.82) is 0 Å². The van der Waals surface area contributed by atoms with Gasteiger partial charge in [-0.3, -0.25) is 9.59 Å². The Kier molecular flexibility index (Phi) is 4.83. The third kappa shape index (κ3) is 3.15. The second-order valence-corrected chi connectivity index (χ2v) is 7.78. The molecule has 148 valence electrons. The lowest BCUT2D eigenvalue weighted by molar-refractivity contribution is -0.137. The first-order chi connectivity index (χ1) is 13.5. The topological polar surface area (TPSA) is 83.4 Å². The van der Waals surface area contributed by atoms with Gasteiger partial charge in [-0.2, -0.15) is 0 Å². The zero-order chi connectivity index (χ0) is 19.7. The number of carbonyl (C=O) groups excluding carboxylic acids is 3. The summed E-state index contributed by atoms with van der Waals surface area (Å²) in [5.74, 6) is -0.549. The molecule has 2 aliphatic rings. The number of carbonyl (C=O) groups is 3. The summed E-state index contributed by atoms with van der Waals surface area (Å²) in [6.45, 7) is 2.89. The zero-order valence-electron chi connectivity index (χ0n) is 16.1. The minimum Gasteiger partial charge on any atom is -0.354 e. The second-order valence-electron chi connectivity index (χ2n) is 7.78. The highest BCUT2D eigenvalue weighted by Gasteiger charge is 2.54. The van der Waals surface area contributed by atoms with Crippen molar-refractivity contribution in [3.05, 3.63) is 36.5 Å². The number of nitrogens with one attached hydrogen (secondary N) is 2. The third-order valence-corrected chi connectivity index (χ3v) is 5.97. The molecule has 1 aromatic carbocycles. The number of fused-ring (bicyclic) bond motifs is 1. The van der Waals surface area contributed by atoms with Gasteiger partial charge in [-0.05, 0) is 43.7 Å². The fourth-order valence-corrected chi connectivity index (χ4v) is 4.37. The van der Waals surface area contributed by atoms with E-state index in [1.165, 1.54) is 10.9 Å². The molecule has 4 amide bonds. The third-order valence-electron chi connectivity index (χ3n) is 5.97. The largest absolute Gasteiger partial charge is 0.354 e. The molecule has 7 nitrogen and oxygen atoms in total. The number of nitrogens with zero attached hydrogens (tertiary/aromatic N) is 2. The molecule has 0 radical (unpaired) electrons. The van der Waals surface area contributed by atoms with E-state index in [0.717, 1.165) is 30.7 Å². The lowest BCUT2D eigenvalue weighted by Gasteiger charge is -2.23. The lowest BCUT2D eigenvalue weighted by Crippen LogP contribution is -2.50. The molecule has 4 rings (SSSR count). The quantitative estimate of drug-likeness (QED) is 0.594. The summed E-state index contributed by atoms with van der Waals surface area (Å²) < 4.78 is 2.16. The van der Waals surface area contributed by atoms with Gasteiger partial charge in [0.15, 0.2) is 0 Å². The SMILES string of the molecule is CC(C(=O)NCCCn1ccc2ccccc21)N1C(=O)NC2(CCCC2)C1=O. The molecule has 1 atom stereocenters. The molecule has 1 aromatic heterocycles. The Labute approximate surface area is 164 Å². The molecule has 7 heteroatoms. The Hall–Kier alpha value is -2.83. The Balaban J connectivity index is 1.30. The van der Waals surface area contributed by atoms with E-state index in [0.29, 0.717) is 19.4 Å². The number of aryl methyl sites for hydroxylation is 1. The summed E-state index contributed by atoms with van der Waals surface area (Å²) in [5, 5.41) is 6.88. The standard InChI is InChI=1S/C21H26N4O3/c1-15(25-19(27)21(23-20(25)28)10-4-5-11-21)18(26)22-12-6-13-24-14-9-16-7-2-3-8-17(16)24/h2-3,7-9,14-15H,4-6,10-13H2,1H3,(H,22,26)(H,23,28). The van der Waals surface area contributed by atoms with Crippen molar-refractivity contribution < 1.29 is 14.4 Å². The molecule has 0 bridgehead atoms. The van der Waals surface area contributed by atoms with E-state index < -0.39 is 17.6 Å². The van der Waals surface area contributed by atoms with Gasteiger partial charge in [0.25, 0.3) is 5.91 Å². The van der Waals surface area contributed by atoms with Crippen molar-refractivity contribution in [2.75, 3.05) is 6.54 Å². The van der Waals surface area contributed by atoms with Crippen LogP contribution in [-0.4, -0.2) is 45.4 Å². The number of rotatable bonds is 6. The van der Waals surface area contributed by atoms with E-state index in [-0.39, 0.29) is 11.8 Å². The molecule has 1 unspecified atom stereocenters. The van der Waals surface area contributed by atoms with Crippen LogP contribution in [0.2, 0.25) is 0 Å². The predicted octanol–water partition coefficient (Wildman–Crippen LogP) is 2.40. The highest BCUT2D eigenvalue weighted by molar-refractivity contribution is 6.09. The first-order valence-corrected chi connectivity index (χ1v) is 9.99. The molecule has 2 aromatic rings. The maximum Gasteiger partial charge on any atom is 0.325 e. The number of hydrogen-bond donors (Lipinski definition) is 2. The fourth-order valence-electron chi connectivity index (χ4n) is 4.37. The number of benzene rings is 1. The Bertz CT molecular complexity index is 913. The molecule has 1 spiro atoms. The van der Waals surface area contributed by atoms with Crippen molar-refractivity contribution in [3.63, 3.8) is 0 Å². The van der Waals surface area contributed by atoms with Crippen LogP contribution in [0.4, 0.5) is 4.79 Å². The maximum absolute atomic E-state index is 12.8. The van der Waals surface area contributed by atoms with E-state index in [1.807, 2.05) is 18.3 Å². The van der Waals surface area contributed by atoms with Gasteiger partial charge in [-0.1, -0.05) is 31.0 Å². The molecular weight excluding hydrogens is 356 g/mol. The Morgan fingerprint density at radius 2 is 1.96 bits per heavy atom. The summed E-state index contributed by atoms with van der Waals surface area (Å²) >= 11 is 0. The van der Waals surface area contributed by atoms with Crippen LogP contribution in [0.3, 0.4) is 0 Å². The fraction of sp³-hybridized carbons (Fsp3) is 0.476. The van der Waals surface area contributed by atoms with Crippen LogP contribution in [0.1, 0.15) is 39.0 Å². The molecule has 2 N–H and O–H groups in total. The molecule has 28 heavy (non-hydrogen) atoms. The number of urea groups is 1. The first-order valence-electron chi connectivity index (χ1n) is 9.99. The van der Waals surface area contributed by atoms with E-state index in [4.69, 9.17) is 0 Å². The molecular formula is C21H26N4O3. The van der Waals surface area contributed by atoms with Crippen LogP contribution >= 0.6 is 0 Å². The number of para-hydroxylation sites is 1. The van der Waals surface area contributed by atoms with Crippen LogP contribution in [-0.2, 0) is 16.1 Å². The van der Waals surface area contributed by atoms with Crippen LogP contribution in [0.15, 0.2) is 36.5 Å². The number of imide groups is 1. The first kappa shape index (κ1) is 18.5. The van der Waals surface area contributed by atoms with Crippen LogP contribution in [0.5, 0.6) is 0 Å². The van der Waals surface area contributed by atoms with Crippen molar-refractivity contribution >= 4 is 28.7 Å². The molecule has 1 saturated heterocycles. The smallest absolute Gasteiger partial charge is 0.325 e. The highest BCUT2D eigenvalue weighted by Crippen LogP contribution is 2.35. The summed E-state index contributed by atoms with van der Waals surface area (Å²) in [5.41, 5.74) is 0.393. The summed E-state index contributed by atoms with van der Waals surface area (Å²) in [7, 11) is 0. The molecule has 1 aliphatic carbocycles. The minimum atomic E-state index is -0.806. The molecule has 1 aliphatic heterocycles. The second kappa shape index (κ2) is 7.30. The van der Waals surface area contributed by atoms with Crippen LogP contribution in [0, 0.1) is 0 Å². The van der Waals surface area contributed by atoms with Gasteiger partial charge in [0.2, 0.25) is 5.91 Å². The van der Waals surface area contributed by atoms with E-state index in [1.54, 1.807) is 6.92 Å². The van der Waals surface area contributed by atoms with Gasteiger partial charge in [0.05, 0.1) is 0 Å². The predicted molar refractivity (Wildman–Crippen MR) is 106 cm³/mol. The van der Waals surface area contributed by atoms with Crippen molar-refractivity contribution in [3.8, 4) is 0 Å². The van der Waals surface area contributed by atoms with Gasteiger partial charge in [-0.25, -0.2) is 9.69 Å². The average Bonchev–Trinajstić information content (AvgIpc) is 3.38. The van der Waals surface area contributed by atoms with Gasteiger partial charge in [0, 0.05) is 24.8 Å². The molecule has 2 fully saturated rings. The van der Waals surface area contributed by atoms with E-state index in [9.17, 15) is 14.4 Å². The normalized spacial score (nSPS) is 19.4. The number of hydrogen-bond acceptors (Lipinski definition) is 3. The van der Waals surface area contributed by atoms with Crippen molar-refractivity contribution in [2.24, 2.45) is 0 Å². The molecule has 2 heterocycles. The summed E-state index contributed by atoms with van der Waals surface area (Å²) in [4.78, 5) is 38.7. The lowest BCUT2D eigenvalue weighted by atomic mass is 9.97. The van der Waals surface area contributed by atoms with E-state index >= 15 is 0 Å². The summed E-state index contributed by atoms with van der Waals surface area (Å²) in [6, 6.07) is 8.99. The monoisotopic (exact) mass is 382 g/mol. The zero-order valence-corrected chi connectivity index (χ0v) is 16.1. The van der Waals surface area contributed by atoms with Crippen molar-refractivity contribution in [2.45, 2.75) is 57.2 Å². The van der Waals surface area contributed by atoms with Gasteiger partial charge in [0.1, 0.15) is 11.6 Å². The van der Waals surface area contributed by atoms with Gasteiger partial charge in [-0.15, -0.1) is 0 Å². The highest BCUT2D eigenvalue weighted by atomic mass is 16.2. The minimum absolute atomic E-state index is 0.253. The maximum atomic E-state index is 12.8. The molecule has 1 saturated carbocycles. The van der Waals surface area contributed by atoms with Gasteiger partial charge < -0.3 is 15.2 Å². The Morgan fingerprint density at radius 1 is 1.21 bits per heavy atom. The Morgan fingerprint density at radius 3 is 2.75 bits per heavy atom. The number of aromatic nitrogens is 1. The van der Waals surface area contributed by atoms with Crippen molar-refractivity contribution in [1.82, 2.24) is 20.1 Å². The van der Waals surface area contributed by atoms with Crippen LogP contribution in [0.25, 0.3) is 10.9 Å².